The maximum atomic E-state index is 12.6. The van der Waals surface area contributed by atoms with Gasteiger partial charge in [0.1, 0.15) is 12.4 Å². The number of rotatable bonds is 4. The molecule has 0 aromatic heterocycles. The van der Waals surface area contributed by atoms with Crippen molar-refractivity contribution in [3.8, 4) is 0 Å². The first-order chi connectivity index (χ1) is 7.09. The minimum Gasteiger partial charge on any atom is -0.464 e. The minimum atomic E-state index is -0.345. The van der Waals surface area contributed by atoms with Crippen molar-refractivity contribution in [2.24, 2.45) is 5.84 Å². The van der Waals surface area contributed by atoms with Crippen molar-refractivity contribution in [2.75, 3.05) is 18.2 Å². The number of hydrazine groups is 1. The molecule has 0 saturated carbocycles. The minimum absolute atomic E-state index is 0.212. The molecule has 0 fully saturated rings. The normalized spacial score (nSPS) is 9.80. The lowest BCUT2D eigenvalue weighted by atomic mass is 10.3. The summed E-state index contributed by atoms with van der Waals surface area (Å²) >= 11 is 0. The zero-order valence-electron chi connectivity index (χ0n) is 8.44. The van der Waals surface area contributed by atoms with Crippen molar-refractivity contribution in [1.29, 1.82) is 0 Å². The summed E-state index contributed by atoms with van der Waals surface area (Å²) in [5.41, 5.74) is 0.670. The van der Waals surface area contributed by atoms with E-state index in [2.05, 4.69) is 0 Å². The van der Waals surface area contributed by atoms with Crippen LogP contribution in [0.5, 0.6) is 0 Å². The van der Waals surface area contributed by atoms with Crippen molar-refractivity contribution in [2.45, 2.75) is 6.92 Å². The molecule has 1 aromatic carbocycles. The molecule has 0 aliphatic carbocycles. The molecule has 0 radical (unpaired) electrons. The number of carbonyl (C=O) groups excluding carboxylic acids is 1. The summed E-state index contributed by atoms with van der Waals surface area (Å²) in [4.78, 5) is 10.5. The highest BCUT2D eigenvalue weighted by atomic mass is 19.1. The van der Waals surface area contributed by atoms with Gasteiger partial charge in [0.05, 0.1) is 12.2 Å². The highest BCUT2D eigenvalue weighted by Crippen LogP contribution is 2.10. The Balaban J connectivity index is 2.43. The molecule has 0 amide bonds. The molecule has 0 atom stereocenters. The molecular formula is C10H13FN2O2. The number of nitrogens with two attached hydrogens (primary N) is 1. The Morgan fingerprint density at radius 2 is 2.07 bits per heavy atom. The van der Waals surface area contributed by atoms with Crippen LogP contribution in [0.4, 0.5) is 10.1 Å². The van der Waals surface area contributed by atoms with Gasteiger partial charge in [-0.2, -0.15) is 0 Å². The summed E-state index contributed by atoms with van der Waals surface area (Å²) in [6, 6.07) is 5.76. The van der Waals surface area contributed by atoms with E-state index >= 15 is 0 Å². The lowest BCUT2D eigenvalue weighted by Gasteiger charge is -2.18. The van der Waals surface area contributed by atoms with Crippen LogP contribution >= 0.6 is 0 Å². The van der Waals surface area contributed by atoms with Crippen LogP contribution in [-0.4, -0.2) is 19.1 Å². The number of halogens is 1. The van der Waals surface area contributed by atoms with Gasteiger partial charge in [-0.25, -0.2) is 10.2 Å². The molecular weight excluding hydrogens is 199 g/mol. The fraction of sp³-hybridized carbons (Fsp3) is 0.300. The molecule has 1 rings (SSSR count). The van der Waals surface area contributed by atoms with E-state index in [1.807, 2.05) is 0 Å². The summed E-state index contributed by atoms with van der Waals surface area (Å²) < 4.78 is 17.3. The SMILES string of the molecule is CC(=O)OCCN(N)c1ccc(F)cc1. The molecule has 4 nitrogen and oxygen atoms in total. The van der Waals surface area contributed by atoms with E-state index < -0.39 is 0 Å². The second-order valence-electron chi connectivity index (χ2n) is 3.01. The molecule has 0 aliphatic heterocycles. The molecule has 0 saturated heterocycles. The second kappa shape index (κ2) is 5.31. The van der Waals surface area contributed by atoms with Crippen LogP contribution in [0.25, 0.3) is 0 Å². The standard InChI is InChI=1S/C10H13FN2O2/c1-8(14)15-7-6-13(12)10-4-2-9(11)3-5-10/h2-5H,6-7,12H2,1H3. The van der Waals surface area contributed by atoms with Crippen molar-refractivity contribution >= 4 is 11.7 Å². The maximum absolute atomic E-state index is 12.6. The zero-order chi connectivity index (χ0) is 11.3. The Kier molecular flexibility index (Phi) is 4.05. The Morgan fingerprint density at radius 3 is 2.60 bits per heavy atom. The van der Waals surface area contributed by atoms with E-state index in [1.165, 1.54) is 24.1 Å². The third-order valence-electron chi connectivity index (χ3n) is 1.80. The van der Waals surface area contributed by atoms with Crippen LogP contribution in [0.3, 0.4) is 0 Å². The number of nitrogens with zero attached hydrogens (tertiary/aromatic N) is 1. The molecule has 15 heavy (non-hydrogen) atoms. The Morgan fingerprint density at radius 1 is 1.47 bits per heavy atom. The van der Waals surface area contributed by atoms with Gasteiger partial charge in [-0.1, -0.05) is 0 Å². The summed E-state index contributed by atoms with van der Waals surface area (Å²) in [5.74, 6) is 4.99. The molecule has 0 spiro atoms. The van der Waals surface area contributed by atoms with Gasteiger partial charge in [0.25, 0.3) is 0 Å². The van der Waals surface area contributed by atoms with Gasteiger partial charge in [-0.05, 0) is 24.3 Å². The summed E-state index contributed by atoms with van der Waals surface area (Å²) in [6.07, 6.45) is 0. The molecule has 0 heterocycles. The summed E-state index contributed by atoms with van der Waals surface area (Å²) in [5, 5.41) is 1.39. The molecule has 1 aromatic rings. The molecule has 5 heteroatoms. The maximum Gasteiger partial charge on any atom is 0.302 e. The van der Waals surface area contributed by atoms with E-state index in [0.717, 1.165) is 0 Å². The number of carbonyl (C=O) groups is 1. The van der Waals surface area contributed by atoms with Gasteiger partial charge >= 0.3 is 5.97 Å². The van der Waals surface area contributed by atoms with Crippen LogP contribution < -0.4 is 10.9 Å². The average Bonchev–Trinajstić information content (AvgIpc) is 2.18. The molecule has 2 N–H and O–H groups in total. The Bertz CT molecular complexity index is 327. The number of hydrogen-bond acceptors (Lipinski definition) is 4. The number of esters is 1. The van der Waals surface area contributed by atoms with E-state index in [0.29, 0.717) is 12.2 Å². The van der Waals surface area contributed by atoms with Gasteiger partial charge in [-0.15, -0.1) is 0 Å². The lowest BCUT2D eigenvalue weighted by Crippen LogP contribution is -2.34. The second-order valence-corrected chi connectivity index (χ2v) is 3.01. The first-order valence-corrected chi connectivity index (χ1v) is 4.51. The van der Waals surface area contributed by atoms with Gasteiger partial charge < -0.3 is 9.75 Å². The van der Waals surface area contributed by atoms with Gasteiger partial charge in [0.15, 0.2) is 0 Å². The largest absolute Gasteiger partial charge is 0.464 e. The van der Waals surface area contributed by atoms with E-state index in [4.69, 9.17) is 10.6 Å². The number of benzene rings is 1. The fourth-order valence-electron chi connectivity index (χ4n) is 1.05. The van der Waals surface area contributed by atoms with Gasteiger partial charge in [-0.3, -0.25) is 4.79 Å². The molecule has 0 bridgehead atoms. The number of hydrogen-bond donors (Lipinski definition) is 1. The van der Waals surface area contributed by atoms with E-state index in [-0.39, 0.29) is 18.4 Å². The third kappa shape index (κ3) is 3.95. The average molecular weight is 212 g/mol. The quantitative estimate of drug-likeness (QED) is 0.461. The van der Waals surface area contributed by atoms with E-state index in [1.54, 1.807) is 12.1 Å². The van der Waals surface area contributed by atoms with Gasteiger partial charge in [0, 0.05) is 6.92 Å². The van der Waals surface area contributed by atoms with Gasteiger partial charge in [0.2, 0.25) is 0 Å². The Labute approximate surface area is 87.4 Å². The highest BCUT2D eigenvalue weighted by molar-refractivity contribution is 5.65. The Hall–Kier alpha value is -1.62. The first-order valence-electron chi connectivity index (χ1n) is 4.51. The molecule has 0 unspecified atom stereocenters. The zero-order valence-corrected chi connectivity index (χ0v) is 8.44. The smallest absolute Gasteiger partial charge is 0.302 e. The number of ether oxygens (including phenoxy) is 1. The van der Waals surface area contributed by atoms with Crippen LogP contribution in [0, 0.1) is 5.82 Å². The summed E-state index contributed by atoms with van der Waals surface area (Å²) in [7, 11) is 0. The lowest BCUT2D eigenvalue weighted by molar-refractivity contribution is -0.140. The summed E-state index contributed by atoms with van der Waals surface area (Å²) in [6.45, 7) is 1.91. The highest BCUT2D eigenvalue weighted by Gasteiger charge is 2.02. The molecule has 0 aliphatic rings. The third-order valence-corrected chi connectivity index (χ3v) is 1.80. The van der Waals surface area contributed by atoms with Crippen LogP contribution in [0.15, 0.2) is 24.3 Å². The predicted molar refractivity (Wildman–Crippen MR) is 54.6 cm³/mol. The van der Waals surface area contributed by atoms with Crippen LogP contribution in [0.2, 0.25) is 0 Å². The van der Waals surface area contributed by atoms with Crippen molar-refractivity contribution in [3.05, 3.63) is 30.1 Å². The van der Waals surface area contributed by atoms with E-state index in [9.17, 15) is 9.18 Å². The van der Waals surface area contributed by atoms with Crippen molar-refractivity contribution in [3.63, 3.8) is 0 Å². The predicted octanol–water partition coefficient (Wildman–Crippen LogP) is 1.07. The van der Waals surface area contributed by atoms with Crippen LogP contribution in [0.1, 0.15) is 6.92 Å². The molecule has 82 valence electrons. The van der Waals surface area contributed by atoms with Crippen molar-refractivity contribution < 1.29 is 13.9 Å². The first kappa shape index (κ1) is 11.5. The topological polar surface area (TPSA) is 55.6 Å². The van der Waals surface area contributed by atoms with Crippen LogP contribution in [-0.2, 0) is 9.53 Å². The van der Waals surface area contributed by atoms with Crippen molar-refractivity contribution in [1.82, 2.24) is 0 Å². The fourth-order valence-corrected chi connectivity index (χ4v) is 1.05. The monoisotopic (exact) mass is 212 g/mol. The number of anilines is 1.